The molecule has 9 heteroatoms. The quantitative estimate of drug-likeness (QED) is 0.470. The number of amides is 1. The van der Waals surface area contributed by atoms with Crippen LogP contribution >= 0.6 is 15.9 Å². The smallest absolute Gasteiger partial charge is 0.276 e. The van der Waals surface area contributed by atoms with Gasteiger partial charge in [-0.2, -0.15) is 5.10 Å². The van der Waals surface area contributed by atoms with Gasteiger partial charge in [-0.1, -0.05) is 28.1 Å². The predicted molar refractivity (Wildman–Crippen MR) is 120 cm³/mol. The minimum Gasteiger partial charge on any atom is -0.336 e. The van der Waals surface area contributed by atoms with Crippen molar-refractivity contribution in [1.29, 1.82) is 0 Å². The van der Waals surface area contributed by atoms with Crippen LogP contribution in [-0.4, -0.2) is 42.1 Å². The first-order chi connectivity index (χ1) is 14.9. The molecule has 31 heavy (non-hydrogen) atoms. The van der Waals surface area contributed by atoms with E-state index in [4.69, 9.17) is 4.98 Å². The molecule has 0 radical (unpaired) electrons. The molecule has 0 atom stereocenters. The Labute approximate surface area is 186 Å². The Morgan fingerprint density at radius 3 is 2.84 bits per heavy atom. The van der Waals surface area contributed by atoms with E-state index in [-0.39, 0.29) is 11.5 Å². The topological polar surface area (TPSA) is 99.2 Å². The molecule has 0 saturated heterocycles. The number of rotatable bonds is 3. The molecule has 5 rings (SSSR count). The van der Waals surface area contributed by atoms with E-state index in [0.717, 1.165) is 32.7 Å². The molecule has 4 heterocycles. The molecule has 158 valence electrons. The van der Waals surface area contributed by atoms with Gasteiger partial charge in [0.15, 0.2) is 5.65 Å². The van der Waals surface area contributed by atoms with E-state index in [1.54, 1.807) is 4.90 Å². The lowest BCUT2D eigenvalue weighted by Gasteiger charge is -2.27. The van der Waals surface area contributed by atoms with E-state index >= 15 is 0 Å². The number of nitrogens with zero attached hydrogens (tertiary/aromatic N) is 4. The number of carbonyl (C=O) groups excluding carboxylic acids is 1. The number of nitrogens with one attached hydrogen (secondary N) is 2. The highest BCUT2D eigenvalue weighted by molar-refractivity contribution is 9.10. The maximum atomic E-state index is 13.1. The minimum atomic E-state index is -0.102. The highest BCUT2D eigenvalue weighted by atomic mass is 79.9. The lowest BCUT2D eigenvalue weighted by atomic mass is 10.0. The third-order valence-electron chi connectivity index (χ3n) is 5.86. The molecule has 0 saturated carbocycles. The summed E-state index contributed by atoms with van der Waals surface area (Å²) < 4.78 is 2.45. The Balaban J connectivity index is 1.46. The maximum absolute atomic E-state index is 13.1. The van der Waals surface area contributed by atoms with Gasteiger partial charge in [-0.15, -0.1) is 0 Å². The largest absolute Gasteiger partial charge is 0.336 e. The van der Waals surface area contributed by atoms with Gasteiger partial charge in [0, 0.05) is 39.5 Å². The molecule has 1 amide bonds. The zero-order valence-corrected chi connectivity index (χ0v) is 18.8. The van der Waals surface area contributed by atoms with Crippen molar-refractivity contribution in [3.63, 3.8) is 0 Å². The number of H-pyrrole nitrogens is 2. The number of aromatic nitrogens is 5. The van der Waals surface area contributed by atoms with Gasteiger partial charge in [0.2, 0.25) is 5.91 Å². The summed E-state index contributed by atoms with van der Waals surface area (Å²) in [4.78, 5) is 32.5. The molecule has 3 aromatic heterocycles. The second kappa shape index (κ2) is 7.49. The highest BCUT2D eigenvalue weighted by Crippen LogP contribution is 2.24. The zero-order chi connectivity index (χ0) is 21.7. The fraction of sp³-hybridized carbons (Fsp3) is 0.273. The number of aromatic amines is 2. The third-order valence-corrected chi connectivity index (χ3v) is 6.36. The average Bonchev–Trinajstić information content (AvgIpc) is 3.32. The van der Waals surface area contributed by atoms with Gasteiger partial charge in [-0.3, -0.25) is 19.8 Å². The molecule has 8 nitrogen and oxygen atoms in total. The number of hydrogen-bond acceptors (Lipinski definition) is 4. The van der Waals surface area contributed by atoms with Crippen molar-refractivity contribution in [3.05, 3.63) is 73.4 Å². The third kappa shape index (κ3) is 3.48. The number of halogens is 1. The number of hydrogen-bond donors (Lipinski definition) is 2. The van der Waals surface area contributed by atoms with Crippen LogP contribution in [0.2, 0.25) is 0 Å². The fourth-order valence-corrected chi connectivity index (χ4v) is 4.51. The molecule has 1 aliphatic rings. The van der Waals surface area contributed by atoms with Crippen LogP contribution in [-0.2, 0) is 24.2 Å². The van der Waals surface area contributed by atoms with E-state index in [0.29, 0.717) is 42.8 Å². The Hall–Kier alpha value is -3.20. The van der Waals surface area contributed by atoms with Crippen molar-refractivity contribution in [2.75, 3.05) is 6.54 Å². The van der Waals surface area contributed by atoms with Crippen molar-refractivity contribution in [2.45, 2.75) is 33.2 Å². The van der Waals surface area contributed by atoms with Crippen molar-refractivity contribution in [2.24, 2.45) is 0 Å². The summed E-state index contributed by atoms with van der Waals surface area (Å²) in [6, 6.07) is 9.71. The Morgan fingerprint density at radius 2 is 2.10 bits per heavy atom. The standard InChI is InChI=1S/C22H21BrN6O2/c1-12-17(13(2)26-25-12)9-21(30)28-7-6-16-19(11-28)24-20-10-18(27-29(20)22(16)31)14-4-3-5-15(23)8-14/h3-5,8,10,27H,6-7,9,11H2,1-2H3,(H,25,26). The number of fused-ring (bicyclic) bond motifs is 2. The summed E-state index contributed by atoms with van der Waals surface area (Å²) in [5, 5.41) is 10.3. The summed E-state index contributed by atoms with van der Waals surface area (Å²) in [7, 11) is 0. The van der Waals surface area contributed by atoms with Crippen LogP contribution in [0.5, 0.6) is 0 Å². The van der Waals surface area contributed by atoms with Crippen molar-refractivity contribution in [1.82, 2.24) is 29.7 Å². The molecular formula is C22H21BrN6O2. The molecule has 1 aromatic carbocycles. The van der Waals surface area contributed by atoms with Gasteiger partial charge >= 0.3 is 0 Å². The number of benzene rings is 1. The first-order valence-corrected chi connectivity index (χ1v) is 10.9. The predicted octanol–water partition coefficient (Wildman–Crippen LogP) is 2.92. The first kappa shape index (κ1) is 19.7. The summed E-state index contributed by atoms with van der Waals surface area (Å²) in [6.07, 6.45) is 0.784. The van der Waals surface area contributed by atoms with Crippen LogP contribution in [0.3, 0.4) is 0 Å². The summed E-state index contributed by atoms with van der Waals surface area (Å²) in [5.74, 6) is 0.0177. The molecule has 1 aliphatic heterocycles. The Bertz CT molecular complexity index is 1360. The average molecular weight is 481 g/mol. The van der Waals surface area contributed by atoms with Crippen LogP contribution in [0.15, 0.2) is 39.6 Å². The number of aryl methyl sites for hydroxylation is 2. The minimum absolute atomic E-state index is 0.0177. The molecule has 2 N–H and O–H groups in total. The van der Waals surface area contributed by atoms with Crippen molar-refractivity contribution < 1.29 is 4.79 Å². The summed E-state index contributed by atoms with van der Waals surface area (Å²) >= 11 is 3.48. The molecular weight excluding hydrogens is 460 g/mol. The van der Waals surface area contributed by atoms with E-state index in [9.17, 15) is 9.59 Å². The number of carbonyl (C=O) groups is 1. The van der Waals surface area contributed by atoms with Crippen LogP contribution in [0.25, 0.3) is 16.9 Å². The van der Waals surface area contributed by atoms with Gasteiger partial charge in [-0.05, 0) is 32.4 Å². The van der Waals surface area contributed by atoms with Crippen LogP contribution < -0.4 is 5.56 Å². The van der Waals surface area contributed by atoms with Crippen LogP contribution in [0.4, 0.5) is 0 Å². The summed E-state index contributed by atoms with van der Waals surface area (Å²) in [5.41, 5.74) is 6.24. The highest BCUT2D eigenvalue weighted by Gasteiger charge is 2.26. The molecule has 0 aliphatic carbocycles. The molecule has 0 unspecified atom stereocenters. The second-order valence-electron chi connectivity index (χ2n) is 7.87. The molecule has 4 aromatic rings. The SMILES string of the molecule is Cc1n[nH]c(C)c1CC(=O)N1CCc2c(nc3cc(-c4cccc(Br)c4)[nH]n3c2=O)C1. The van der Waals surface area contributed by atoms with E-state index < -0.39 is 0 Å². The maximum Gasteiger partial charge on any atom is 0.276 e. The monoisotopic (exact) mass is 480 g/mol. The fourth-order valence-electron chi connectivity index (χ4n) is 4.11. The second-order valence-corrected chi connectivity index (χ2v) is 8.79. The Morgan fingerprint density at radius 1 is 1.26 bits per heavy atom. The van der Waals surface area contributed by atoms with Gasteiger partial charge in [0.1, 0.15) is 0 Å². The molecule has 0 fully saturated rings. The van der Waals surface area contributed by atoms with E-state index in [1.807, 2.05) is 44.2 Å². The van der Waals surface area contributed by atoms with Crippen molar-refractivity contribution in [3.8, 4) is 11.3 Å². The van der Waals surface area contributed by atoms with Crippen LogP contribution in [0, 0.1) is 13.8 Å². The lowest BCUT2D eigenvalue weighted by molar-refractivity contribution is -0.131. The molecule has 0 bridgehead atoms. The zero-order valence-electron chi connectivity index (χ0n) is 17.2. The van der Waals surface area contributed by atoms with Gasteiger partial charge in [0.05, 0.1) is 30.0 Å². The Kier molecular flexibility index (Phi) is 4.77. The van der Waals surface area contributed by atoms with E-state index in [1.165, 1.54) is 4.52 Å². The first-order valence-electron chi connectivity index (χ1n) is 10.1. The van der Waals surface area contributed by atoms with Crippen LogP contribution in [0.1, 0.15) is 28.2 Å². The molecule has 0 spiro atoms. The normalized spacial score (nSPS) is 13.6. The van der Waals surface area contributed by atoms with E-state index in [2.05, 4.69) is 31.2 Å². The summed E-state index contributed by atoms with van der Waals surface area (Å²) in [6.45, 7) is 4.66. The van der Waals surface area contributed by atoms with Gasteiger partial charge in [-0.25, -0.2) is 9.50 Å². The van der Waals surface area contributed by atoms with Gasteiger partial charge in [0.25, 0.3) is 5.56 Å². The lowest BCUT2D eigenvalue weighted by Crippen LogP contribution is -2.40. The van der Waals surface area contributed by atoms with Gasteiger partial charge < -0.3 is 4.90 Å². The van der Waals surface area contributed by atoms with Crippen molar-refractivity contribution >= 4 is 27.5 Å².